The molecule has 2 aromatic heterocycles. The summed E-state index contributed by atoms with van der Waals surface area (Å²) >= 11 is 16.5. The van der Waals surface area contributed by atoms with Crippen LogP contribution in [0.1, 0.15) is 0 Å². The van der Waals surface area contributed by atoms with Gasteiger partial charge in [0.1, 0.15) is 0 Å². The van der Waals surface area contributed by atoms with E-state index < -0.39 is 0 Å². The smallest absolute Gasteiger partial charge is 0.0907 e. The van der Waals surface area contributed by atoms with Gasteiger partial charge in [0.2, 0.25) is 0 Å². The summed E-state index contributed by atoms with van der Waals surface area (Å²) in [5, 5.41) is 5.82. The summed E-state index contributed by atoms with van der Waals surface area (Å²) in [5.74, 6) is 1.69. The van der Waals surface area contributed by atoms with Crippen molar-refractivity contribution in [2.75, 3.05) is 24.7 Å². The van der Waals surface area contributed by atoms with Crippen LogP contribution in [-0.4, -0.2) is 34.7 Å². The predicted molar refractivity (Wildman–Crippen MR) is 161 cm³/mol. The van der Waals surface area contributed by atoms with Crippen molar-refractivity contribution >= 4 is 90.3 Å². The van der Waals surface area contributed by atoms with Gasteiger partial charge < -0.3 is 4.74 Å². The molecule has 37 heavy (non-hydrogen) atoms. The van der Waals surface area contributed by atoms with Crippen molar-refractivity contribution in [2.45, 2.75) is 9.79 Å². The van der Waals surface area contributed by atoms with E-state index in [-0.39, 0.29) is 0 Å². The van der Waals surface area contributed by atoms with Crippen LogP contribution in [0.2, 0.25) is 10.0 Å². The fraction of sp³-hybridized carbons (Fsp3) is 0.133. The normalized spacial score (nSPS) is 11.7. The highest BCUT2D eigenvalue weighted by Crippen LogP contribution is 2.37. The lowest BCUT2D eigenvalue weighted by Crippen LogP contribution is -2.02. The Kier molecular flexibility index (Phi) is 7.41. The Bertz CT molecular complexity index is 1630. The van der Waals surface area contributed by atoms with E-state index in [1.807, 2.05) is 48.5 Å². The number of benzene rings is 4. The van der Waals surface area contributed by atoms with Crippen molar-refractivity contribution in [1.29, 1.82) is 0 Å². The van der Waals surface area contributed by atoms with E-state index in [1.54, 1.807) is 23.5 Å². The molecule has 0 unspecified atom stereocenters. The van der Waals surface area contributed by atoms with Gasteiger partial charge in [-0.3, -0.25) is 0 Å². The zero-order chi connectivity index (χ0) is 25.2. The third kappa shape index (κ3) is 4.99. The van der Waals surface area contributed by atoms with Crippen LogP contribution in [0, 0.1) is 0 Å². The van der Waals surface area contributed by atoms with Crippen molar-refractivity contribution in [3.8, 4) is 0 Å². The van der Waals surface area contributed by atoms with E-state index >= 15 is 0 Å². The van der Waals surface area contributed by atoms with Crippen LogP contribution in [0.5, 0.6) is 0 Å². The maximum Gasteiger partial charge on any atom is 0.0907 e. The second kappa shape index (κ2) is 11.1. The molecule has 0 saturated carbocycles. The van der Waals surface area contributed by atoms with E-state index in [4.69, 9.17) is 37.9 Å². The number of thioether (sulfide) groups is 2. The van der Waals surface area contributed by atoms with E-state index in [0.717, 1.165) is 55.1 Å². The second-order valence-electron chi connectivity index (χ2n) is 8.50. The first kappa shape index (κ1) is 24.8. The highest BCUT2D eigenvalue weighted by atomic mass is 35.5. The van der Waals surface area contributed by atoms with Crippen LogP contribution in [-0.2, 0) is 4.74 Å². The summed E-state index contributed by atoms with van der Waals surface area (Å²) in [4.78, 5) is 12.0. The van der Waals surface area contributed by atoms with Gasteiger partial charge in [-0.1, -0.05) is 83.9 Å². The average molecular weight is 562 g/mol. The molecule has 6 rings (SSSR count). The lowest BCUT2D eigenvalue weighted by Gasteiger charge is -2.12. The number of hydrogen-bond donors (Lipinski definition) is 0. The number of hydrogen-bond acceptors (Lipinski definition) is 5. The van der Waals surface area contributed by atoms with Crippen molar-refractivity contribution < 1.29 is 4.74 Å². The molecule has 0 aliphatic carbocycles. The molecule has 2 heterocycles. The van der Waals surface area contributed by atoms with Gasteiger partial charge in [-0.05, 0) is 24.3 Å². The SMILES string of the molecule is Clc1cccc2c(SCCOCCSc3c4ccccc4nc4c(Cl)cccc34)c3ccccc3nc12. The Morgan fingerprint density at radius 1 is 0.541 bits per heavy atom. The molecule has 7 heteroatoms. The maximum atomic E-state index is 6.47. The summed E-state index contributed by atoms with van der Waals surface area (Å²) < 4.78 is 6.05. The third-order valence-corrected chi connectivity index (χ3v) is 8.98. The van der Waals surface area contributed by atoms with Gasteiger partial charge in [-0.15, -0.1) is 23.5 Å². The maximum absolute atomic E-state index is 6.47. The average Bonchev–Trinajstić information content (AvgIpc) is 2.92. The molecular weight excluding hydrogens is 539 g/mol. The van der Waals surface area contributed by atoms with Crippen molar-refractivity contribution in [3.63, 3.8) is 0 Å². The second-order valence-corrected chi connectivity index (χ2v) is 11.5. The number of ether oxygens (including phenoxy) is 1. The molecule has 0 radical (unpaired) electrons. The van der Waals surface area contributed by atoms with Crippen LogP contribution in [0.25, 0.3) is 43.6 Å². The Balaban J connectivity index is 1.12. The van der Waals surface area contributed by atoms with Crippen LogP contribution in [0.15, 0.2) is 94.7 Å². The number of nitrogens with zero attached hydrogens (tertiary/aromatic N) is 2. The molecule has 0 atom stereocenters. The van der Waals surface area contributed by atoms with Gasteiger partial charge in [0.05, 0.1) is 45.3 Å². The van der Waals surface area contributed by atoms with Gasteiger partial charge in [-0.2, -0.15) is 0 Å². The number of aromatic nitrogens is 2. The zero-order valence-electron chi connectivity index (χ0n) is 19.8. The minimum atomic E-state index is 0.660. The molecule has 0 amide bonds. The quantitative estimate of drug-likeness (QED) is 0.105. The molecule has 0 fully saturated rings. The van der Waals surface area contributed by atoms with Gasteiger partial charge in [-0.25, -0.2) is 9.97 Å². The van der Waals surface area contributed by atoms with E-state index in [2.05, 4.69) is 36.4 Å². The molecule has 0 aliphatic heterocycles. The first-order valence-electron chi connectivity index (χ1n) is 12.0. The molecule has 0 spiro atoms. The third-order valence-electron chi connectivity index (χ3n) is 6.17. The largest absolute Gasteiger partial charge is 0.380 e. The van der Waals surface area contributed by atoms with Crippen LogP contribution >= 0.6 is 46.7 Å². The standard InChI is InChI=1S/C30H22Cl2N2OS2/c31-23-11-5-9-21-27(23)33-25-13-3-1-7-19(25)29(21)36-17-15-35-16-18-37-30-20-8-2-4-14-26(20)34-28-22(30)10-6-12-24(28)32/h1-14H,15-18H2. The van der Waals surface area contributed by atoms with Crippen LogP contribution in [0.3, 0.4) is 0 Å². The monoisotopic (exact) mass is 560 g/mol. The number of halogens is 2. The fourth-order valence-corrected chi connectivity index (χ4v) is 7.04. The lowest BCUT2D eigenvalue weighted by molar-refractivity contribution is 0.167. The van der Waals surface area contributed by atoms with Crippen molar-refractivity contribution in [1.82, 2.24) is 9.97 Å². The Labute approximate surface area is 233 Å². The molecule has 0 saturated heterocycles. The molecule has 0 N–H and O–H groups in total. The van der Waals surface area contributed by atoms with Crippen molar-refractivity contribution in [2.24, 2.45) is 0 Å². The Morgan fingerprint density at radius 3 is 1.46 bits per heavy atom. The van der Waals surface area contributed by atoms with Crippen molar-refractivity contribution in [3.05, 3.63) is 95.0 Å². The van der Waals surface area contributed by atoms with E-state index in [9.17, 15) is 0 Å². The molecular formula is C30H22Cl2N2OS2. The van der Waals surface area contributed by atoms with Crippen LogP contribution < -0.4 is 0 Å². The van der Waals surface area contributed by atoms with Crippen LogP contribution in [0.4, 0.5) is 0 Å². The molecule has 184 valence electrons. The summed E-state index contributed by atoms with van der Waals surface area (Å²) in [6, 6.07) is 28.4. The zero-order valence-corrected chi connectivity index (χ0v) is 22.9. The topological polar surface area (TPSA) is 35.0 Å². The molecule has 0 bridgehead atoms. The minimum Gasteiger partial charge on any atom is -0.380 e. The Hall–Kier alpha value is -2.54. The van der Waals surface area contributed by atoms with Gasteiger partial charge >= 0.3 is 0 Å². The summed E-state index contributed by atoms with van der Waals surface area (Å²) in [6.45, 7) is 1.32. The molecule has 6 aromatic rings. The van der Waals surface area contributed by atoms with E-state index in [0.29, 0.717) is 23.3 Å². The first-order chi connectivity index (χ1) is 18.2. The summed E-state index contributed by atoms with van der Waals surface area (Å²) in [6.07, 6.45) is 0. The molecule has 3 nitrogen and oxygen atoms in total. The first-order valence-corrected chi connectivity index (χ1v) is 14.7. The van der Waals surface area contributed by atoms with Gasteiger partial charge in [0, 0.05) is 42.8 Å². The number of pyridine rings is 2. The summed E-state index contributed by atoms with van der Waals surface area (Å²) in [5.41, 5.74) is 3.61. The number of rotatable bonds is 8. The highest BCUT2D eigenvalue weighted by Gasteiger charge is 2.13. The highest BCUT2D eigenvalue weighted by molar-refractivity contribution is 8.00. The lowest BCUT2D eigenvalue weighted by atomic mass is 10.1. The Morgan fingerprint density at radius 2 is 0.973 bits per heavy atom. The fourth-order valence-electron chi connectivity index (χ4n) is 4.50. The minimum absolute atomic E-state index is 0.660. The predicted octanol–water partition coefficient (Wildman–Crippen LogP) is 9.30. The summed E-state index contributed by atoms with van der Waals surface area (Å²) in [7, 11) is 0. The number of fused-ring (bicyclic) bond motifs is 4. The number of para-hydroxylation sites is 4. The molecule has 4 aromatic carbocycles. The van der Waals surface area contributed by atoms with Gasteiger partial charge in [0.15, 0.2) is 0 Å². The van der Waals surface area contributed by atoms with Gasteiger partial charge in [0.25, 0.3) is 0 Å². The van der Waals surface area contributed by atoms with E-state index in [1.165, 1.54) is 9.79 Å². The molecule has 0 aliphatic rings.